The molecule has 2 rings (SSSR count). The van der Waals surface area contributed by atoms with Gasteiger partial charge in [-0.1, -0.05) is 20.8 Å². The topological polar surface area (TPSA) is 37.8 Å². The van der Waals surface area contributed by atoms with E-state index in [-0.39, 0.29) is 0 Å². The number of hydrogen-bond donors (Lipinski definition) is 1. The molecule has 1 N–H and O–H groups in total. The van der Waals surface area contributed by atoms with Gasteiger partial charge in [-0.25, -0.2) is 4.98 Å². The molecule has 0 aliphatic rings. The fourth-order valence-corrected chi connectivity index (χ4v) is 2.93. The van der Waals surface area contributed by atoms with Gasteiger partial charge in [-0.15, -0.1) is 11.3 Å². The van der Waals surface area contributed by atoms with Crippen LogP contribution in [0.2, 0.25) is 0 Å². The third-order valence-corrected chi connectivity index (χ3v) is 4.04. The van der Waals surface area contributed by atoms with Crippen molar-refractivity contribution in [2.24, 2.45) is 0 Å². The van der Waals surface area contributed by atoms with E-state index in [1.54, 1.807) is 11.3 Å². The van der Waals surface area contributed by atoms with Gasteiger partial charge in [0.25, 0.3) is 0 Å². The van der Waals surface area contributed by atoms with Crippen molar-refractivity contribution in [3.05, 3.63) is 34.5 Å². The van der Waals surface area contributed by atoms with Gasteiger partial charge >= 0.3 is 0 Å². The van der Waals surface area contributed by atoms with Gasteiger partial charge in [-0.05, 0) is 31.0 Å². The van der Waals surface area contributed by atoms with Crippen molar-refractivity contribution in [2.75, 3.05) is 0 Å². The molecular formula is C15H21N3S. The van der Waals surface area contributed by atoms with E-state index in [4.69, 9.17) is 4.98 Å². The number of nitrogens with zero attached hydrogens (tertiary/aromatic N) is 2. The quantitative estimate of drug-likeness (QED) is 0.906. The molecule has 3 nitrogen and oxygen atoms in total. The first-order chi connectivity index (χ1) is 9.10. The minimum Gasteiger partial charge on any atom is -0.310 e. The van der Waals surface area contributed by atoms with E-state index in [2.05, 4.69) is 44.1 Å². The summed E-state index contributed by atoms with van der Waals surface area (Å²) in [4.78, 5) is 10.5. The zero-order valence-electron chi connectivity index (χ0n) is 12.0. The minimum absolute atomic E-state index is 0.493. The number of thiazole rings is 1. The van der Waals surface area contributed by atoms with Crippen molar-refractivity contribution in [3.63, 3.8) is 0 Å². The fraction of sp³-hybridized carbons (Fsp3) is 0.467. The maximum absolute atomic E-state index is 4.73. The van der Waals surface area contributed by atoms with Crippen molar-refractivity contribution in [2.45, 2.75) is 46.7 Å². The van der Waals surface area contributed by atoms with Gasteiger partial charge in [-0.2, -0.15) is 0 Å². The molecule has 0 spiro atoms. The summed E-state index contributed by atoms with van der Waals surface area (Å²) in [7, 11) is 0. The molecule has 0 amide bonds. The Kier molecular flexibility index (Phi) is 4.66. The first-order valence-corrected chi connectivity index (χ1v) is 7.56. The molecule has 4 heteroatoms. The number of hydrogen-bond acceptors (Lipinski definition) is 4. The second kappa shape index (κ2) is 6.26. The number of nitrogens with one attached hydrogen (secondary N) is 1. The van der Waals surface area contributed by atoms with Crippen LogP contribution in [0.3, 0.4) is 0 Å². The maximum atomic E-state index is 4.73. The van der Waals surface area contributed by atoms with Gasteiger partial charge in [0, 0.05) is 23.7 Å². The first kappa shape index (κ1) is 14.2. The Labute approximate surface area is 119 Å². The standard InChI is InChI=1S/C15H21N3S/c1-5-12-14(9-17-10(2)3)19-15(18-12)13-8-11(4)6-7-16-13/h6-8,10,17H,5,9H2,1-4H3. The first-order valence-electron chi connectivity index (χ1n) is 6.75. The van der Waals surface area contributed by atoms with E-state index < -0.39 is 0 Å². The summed E-state index contributed by atoms with van der Waals surface area (Å²) < 4.78 is 0. The average Bonchev–Trinajstić information content (AvgIpc) is 2.79. The predicted molar refractivity (Wildman–Crippen MR) is 81.4 cm³/mol. The van der Waals surface area contributed by atoms with Crippen LogP contribution in [0.1, 0.15) is 36.9 Å². The van der Waals surface area contributed by atoms with Gasteiger partial charge in [-0.3, -0.25) is 4.98 Å². The SMILES string of the molecule is CCc1nc(-c2cc(C)ccn2)sc1CNC(C)C. The third-order valence-electron chi connectivity index (χ3n) is 2.92. The van der Waals surface area contributed by atoms with Gasteiger partial charge in [0.15, 0.2) is 0 Å². The maximum Gasteiger partial charge on any atom is 0.142 e. The lowest BCUT2D eigenvalue weighted by Gasteiger charge is -2.06. The van der Waals surface area contributed by atoms with Crippen molar-refractivity contribution in [3.8, 4) is 10.7 Å². The molecule has 102 valence electrons. The van der Waals surface area contributed by atoms with E-state index in [1.165, 1.54) is 16.1 Å². The van der Waals surface area contributed by atoms with Crippen LogP contribution in [0, 0.1) is 6.92 Å². The summed E-state index contributed by atoms with van der Waals surface area (Å²) in [6, 6.07) is 4.60. The molecular weight excluding hydrogens is 254 g/mol. The highest BCUT2D eigenvalue weighted by Gasteiger charge is 2.12. The molecule has 2 aromatic heterocycles. The molecule has 2 aromatic rings. The number of aryl methyl sites for hydroxylation is 2. The van der Waals surface area contributed by atoms with Crippen LogP contribution < -0.4 is 5.32 Å². The normalized spacial score (nSPS) is 11.2. The van der Waals surface area contributed by atoms with Crippen LogP contribution in [-0.4, -0.2) is 16.0 Å². The predicted octanol–water partition coefficient (Wildman–Crippen LogP) is 3.57. The molecule has 0 fully saturated rings. The summed E-state index contributed by atoms with van der Waals surface area (Å²) in [6.45, 7) is 9.46. The average molecular weight is 275 g/mol. The lowest BCUT2D eigenvalue weighted by Crippen LogP contribution is -2.21. The number of pyridine rings is 1. The van der Waals surface area contributed by atoms with E-state index in [0.29, 0.717) is 6.04 Å². The number of rotatable bonds is 5. The Balaban J connectivity index is 2.27. The Morgan fingerprint density at radius 3 is 2.79 bits per heavy atom. The molecule has 0 saturated carbocycles. The van der Waals surface area contributed by atoms with E-state index in [1.807, 2.05) is 12.3 Å². The molecule has 2 heterocycles. The molecule has 0 saturated heterocycles. The lowest BCUT2D eigenvalue weighted by atomic mass is 10.2. The molecule has 0 bridgehead atoms. The molecule has 0 aliphatic carbocycles. The third kappa shape index (κ3) is 3.61. The molecule has 0 aliphatic heterocycles. The molecule has 19 heavy (non-hydrogen) atoms. The fourth-order valence-electron chi connectivity index (χ4n) is 1.86. The molecule has 0 unspecified atom stereocenters. The van der Waals surface area contributed by atoms with E-state index >= 15 is 0 Å². The second-order valence-corrected chi connectivity index (χ2v) is 6.08. The summed E-state index contributed by atoms with van der Waals surface area (Å²) in [5, 5.41) is 4.49. The van der Waals surface area contributed by atoms with Gasteiger partial charge in [0.1, 0.15) is 5.01 Å². The monoisotopic (exact) mass is 275 g/mol. The summed E-state index contributed by atoms with van der Waals surface area (Å²) in [6.07, 6.45) is 2.82. The molecule has 0 aromatic carbocycles. The lowest BCUT2D eigenvalue weighted by molar-refractivity contribution is 0.590. The van der Waals surface area contributed by atoms with Crippen molar-refractivity contribution < 1.29 is 0 Å². The van der Waals surface area contributed by atoms with Crippen molar-refractivity contribution in [1.82, 2.24) is 15.3 Å². The Bertz CT molecular complexity index is 546. The number of aromatic nitrogens is 2. The smallest absolute Gasteiger partial charge is 0.142 e. The van der Waals surface area contributed by atoms with Gasteiger partial charge in [0.2, 0.25) is 0 Å². The van der Waals surface area contributed by atoms with Crippen molar-refractivity contribution >= 4 is 11.3 Å². The van der Waals surface area contributed by atoms with Gasteiger partial charge < -0.3 is 5.32 Å². The van der Waals surface area contributed by atoms with Crippen LogP contribution in [-0.2, 0) is 13.0 Å². The largest absolute Gasteiger partial charge is 0.310 e. The highest BCUT2D eigenvalue weighted by Crippen LogP contribution is 2.27. The van der Waals surface area contributed by atoms with Crippen LogP contribution >= 0.6 is 11.3 Å². The van der Waals surface area contributed by atoms with Crippen LogP contribution in [0.15, 0.2) is 18.3 Å². The summed E-state index contributed by atoms with van der Waals surface area (Å²) in [5.41, 5.74) is 3.40. The minimum atomic E-state index is 0.493. The second-order valence-electron chi connectivity index (χ2n) is 5.00. The zero-order valence-corrected chi connectivity index (χ0v) is 12.8. The van der Waals surface area contributed by atoms with Gasteiger partial charge in [0.05, 0.1) is 11.4 Å². The Morgan fingerprint density at radius 2 is 2.16 bits per heavy atom. The molecule has 0 radical (unpaired) electrons. The summed E-state index contributed by atoms with van der Waals surface area (Å²) >= 11 is 1.75. The molecule has 0 atom stereocenters. The van der Waals surface area contributed by atoms with Crippen LogP contribution in [0.25, 0.3) is 10.7 Å². The van der Waals surface area contributed by atoms with Crippen LogP contribution in [0.4, 0.5) is 0 Å². The highest BCUT2D eigenvalue weighted by molar-refractivity contribution is 7.15. The van der Waals surface area contributed by atoms with Crippen LogP contribution in [0.5, 0.6) is 0 Å². The highest BCUT2D eigenvalue weighted by atomic mass is 32.1. The zero-order chi connectivity index (χ0) is 13.8. The van der Waals surface area contributed by atoms with E-state index in [0.717, 1.165) is 23.7 Å². The summed E-state index contributed by atoms with van der Waals surface area (Å²) in [5.74, 6) is 0. The Hall–Kier alpha value is -1.26. The van der Waals surface area contributed by atoms with E-state index in [9.17, 15) is 0 Å². The van der Waals surface area contributed by atoms with Crippen molar-refractivity contribution in [1.29, 1.82) is 0 Å². The Morgan fingerprint density at radius 1 is 1.37 bits per heavy atom.